The lowest BCUT2D eigenvalue weighted by Crippen LogP contribution is -2.17. The third-order valence-corrected chi connectivity index (χ3v) is 3.95. The van der Waals surface area contributed by atoms with Gasteiger partial charge < -0.3 is 9.15 Å². The maximum absolute atomic E-state index is 12.4. The first-order valence-corrected chi connectivity index (χ1v) is 6.90. The Morgan fingerprint density at radius 2 is 2.00 bits per heavy atom. The van der Waals surface area contributed by atoms with Crippen molar-refractivity contribution in [1.29, 1.82) is 0 Å². The van der Waals surface area contributed by atoms with Crippen LogP contribution in [0.1, 0.15) is 42.7 Å². The Labute approximate surface area is 112 Å². The number of furan rings is 1. The Bertz CT molecular complexity index is 591. The van der Waals surface area contributed by atoms with E-state index in [2.05, 4.69) is 0 Å². The zero-order chi connectivity index (χ0) is 13.2. The van der Waals surface area contributed by atoms with E-state index in [0.717, 1.165) is 42.4 Å². The minimum Gasteiger partial charge on any atom is -0.497 e. The number of carbonyl (C=O) groups excluding carboxylic acids is 1. The van der Waals surface area contributed by atoms with Crippen LogP contribution < -0.4 is 4.74 Å². The van der Waals surface area contributed by atoms with Crippen LogP contribution in [0.15, 0.2) is 28.7 Å². The summed E-state index contributed by atoms with van der Waals surface area (Å²) in [5, 5.41) is 0.958. The summed E-state index contributed by atoms with van der Waals surface area (Å²) in [6.45, 7) is 0. The smallest absolute Gasteiger partial charge is 0.201 e. The van der Waals surface area contributed by atoms with E-state index < -0.39 is 0 Å². The number of fused-ring (bicyclic) bond motifs is 1. The second-order valence-corrected chi connectivity index (χ2v) is 5.21. The van der Waals surface area contributed by atoms with Gasteiger partial charge in [0.1, 0.15) is 11.3 Å². The molecule has 3 nitrogen and oxygen atoms in total. The minimum absolute atomic E-state index is 0.149. The minimum atomic E-state index is 0.149. The number of carbonyl (C=O) groups is 1. The topological polar surface area (TPSA) is 39.4 Å². The molecule has 100 valence electrons. The first-order valence-electron chi connectivity index (χ1n) is 6.90. The summed E-state index contributed by atoms with van der Waals surface area (Å²) in [5.41, 5.74) is 0.721. The van der Waals surface area contributed by atoms with Crippen LogP contribution in [0, 0.1) is 5.92 Å². The zero-order valence-corrected chi connectivity index (χ0v) is 11.1. The number of Topliss-reactive ketones (excluding diaryl/α,β-unsaturated/α-hetero) is 1. The molecule has 1 saturated carbocycles. The van der Waals surface area contributed by atoms with Crippen LogP contribution in [0.2, 0.25) is 0 Å². The first kappa shape index (κ1) is 12.3. The molecule has 1 fully saturated rings. The fourth-order valence-corrected chi connectivity index (χ4v) is 2.83. The fraction of sp³-hybridized carbons (Fsp3) is 0.438. The molecule has 0 amide bonds. The summed E-state index contributed by atoms with van der Waals surface area (Å²) in [4.78, 5) is 12.4. The van der Waals surface area contributed by atoms with Gasteiger partial charge in [-0.1, -0.05) is 19.3 Å². The highest BCUT2D eigenvalue weighted by Crippen LogP contribution is 2.30. The standard InChI is InChI=1S/C16H18O3/c1-18-13-8-7-12-9-15(19-14(12)10-13)16(17)11-5-3-2-4-6-11/h7-11H,2-6H2,1H3. The lowest BCUT2D eigenvalue weighted by atomic mass is 9.85. The predicted octanol–water partition coefficient (Wildman–Crippen LogP) is 4.20. The zero-order valence-electron chi connectivity index (χ0n) is 11.1. The molecule has 0 saturated heterocycles. The number of ketones is 1. The lowest BCUT2D eigenvalue weighted by Gasteiger charge is -2.18. The Hall–Kier alpha value is -1.77. The first-order chi connectivity index (χ1) is 9.28. The van der Waals surface area contributed by atoms with Crippen molar-refractivity contribution in [2.24, 2.45) is 5.92 Å². The SMILES string of the molecule is COc1ccc2cc(C(=O)C3CCCCC3)oc2c1. The molecule has 0 N–H and O–H groups in total. The van der Waals surface area contributed by atoms with E-state index in [-0.39, 0.29) is 11.7 Å². The maximum Gasteiger partial charge on any atom is 0.201 e. The van der Waals surface area contributed by atoms with Crippen molar-refractivity contribution in [1.82, 2.24) is 0 Å². The van der Waals surface area contributed by atoms with Crippen LogP contribution in [-0.4, -0.2) is 12.9 Å². The van der Waals surface area contributed by atoms with E-state index in [4.69, 9.17) is 9.15 Å². The van der Waals surface area contributed by atoms with Crippen molar-refractivity contribution in [2.45, 2.75) is 32.1 Å². The van der Waals surface area contributed by atoms with Crippen LogP contribution in [0.25, 0.3) is 11.0 Å². The molecule has 2 aromatic rings. The third kappa shape index (κ3) is 2.37. The monoisotopic (exact) mass is 258 g/mol. The van der Waals surface area contributed by atoms with Crippen LogP contribution >= 0.6 is 0 Å². The number of methoxy groups -OCH3 is 1. The van der Waals surface area contributed by atoms with Crippen LogP contribution in [0.4, 0.5) is 0 Å². The molecule has 0 unspecified atom stereocenters. The normalized spacial score (nSPS) is 16.7. The molecule has 1 aromatic heterocycles. The van der Waals surface area contributed by atoms with Gasteiger partial charge in [-0.2, -0.15) is 0 Å². The van der Waals surface area contributed by atoms with Crippen LogP contribution in [0.3, 0.4) is 0 Å². The summed E-state index contributed by atoms with van der Waals surface area (Å²) < 4.78 is 10.9. The van der Waals surface area contributed by atoms with E-state index in [0.29, 0.717) is 5.76 Å². The molecular formula is C16H18O3. The Kier molecular flexibility index (Phi) is 3.28. The fourth-order valence-electron chi connectivity index (χ4n) is 2.83. The predicted molar refractivity (Wildman–Crippen MR) is 73.7 cm³/mol. The van der Waals surface area contributed by atoms with Gasteiger partial charge >= 0.3 is 0 Å². The Balaban J connectivity index is 1.89. The molecule has 19 heavy (non-hydrogen) atoms. The molecule has 0 bridgehead atoms. The van der Waals surface area contributed by atoms with Crippen molar-refractivity contribution in [3.8, 4) is 5.75 Å². The van der Waals surface area contributed by atoms with E-state index in [1.807, 2.05) is 24.3 Å². The number of hydrogen-bond donors (Lipinski definition) is 0. The third-order valence-electron chi connectivity index (χ3n) is 3.95. The molecule has 1 aliphatic carbocycles. The number of ether oxygens (including phenoxy) is 1. The maximum atomic E-state index is 12.4. The highest BCUT2D eigenvalue weighted by molar-refractivity contribution is 5.99. The average molecular weight is 258 g/mol. The molecule has 0 aliphatic heterocycles. The molecule has 1 aliphatic rings. The highest BCUT2D eigenvalue weighted by Gasteiger charge is 2.25. The number of rotatable bonds is 3. The molecule has 0 spiro atoms. The van der Waals surface area contributed by atoms with Crippen molar-refractivity contribution in [3.05, 3.63) is 30.0 Å². The molecule has 1 aromatic carbocycles. The van der Waals surface area contributed by atoms with E-state index in [1.165, 1.54) is 6.42 Å². The lowest BCUT2D eigenvalue weighted by molar-refractivity contribution is 0.0863. The Morgan fingerprint density at radius 1 is 1.21 bits per heavy atom. The van der Waals surface area contributed by atoms with Gasteiger partial charge in [-0.15, -0.1) is 0 Å². The quantitative estimate of drug-likeness (QED) is 0.774. The molecule has 1 heterocycles. The summed E-state index contributed by atoms with van der Waals surface area (Å²) in [6, 6.07) is 7.49. The second kappa shape index (κ2) is 5.08. The van der Waals surface area contributed by atoms with Gasteiger partial charge in [0.2, 0.25) is 5.78 Å². The number of hydrogen-bond acceptors (Lipinski definition) is 3. The Morgan fingerprint density at radius 3 is 2.74 bits per heavy atom. The summed E-state index contributed by atoms with van der Waals surface area (Å²) in [5.74, 6) is 1.56. The number of benzene rings is 1. The van der Waals surface area contributed by atoms with E-state index >= 15 is 0 Å². The van der Waals surface area contributed by atoms with Gasteiger partial charge in [0, 0.05) is 17.4 Å². The summed E-state index contributed by atoms with van der Waals surface area (Å²) in [6.07, 6.45) is 5.56. The summed E-state index contributed by atoms with van der Waals surface area (Å²) in [7, 11) is 1.62. The average Bonchev–Trinajstić information content (AvgIpc) is 2.90. The highest BCUT2D eigenvalue weighted by atomic mass is 16.5. The van der Waals surface area contributed by atoms with Gasteiger partial charge in [0.15, 0.2) is 5.76 Å². The van der Waals surface area contributed by atoms with Gasteiger partial charge in [0.25, 0.3) is 0 Å². The van der Waals surface area contributed by atoms with Gasteiger partial charge in [0.05, 0.1) is 7.11 Å². The van der Waals surface area contributed by atoms with E-state index in [1.54, 1.807) is 7.11 Å². The second-order valence-electron chi connectivity index (χ2n) is 5.21. The summed E-state index contributed by atoms with van der Waals surface area (Å²) >= 11 is 0. The van der Waals surface area contributed by atoms with Crippen LogP contribution in [0.5, 0.6) is 5.75 Å². The van der Waals surface area contributed by atoms with Gasteiger partial charge in [-0.3, -0.25) is 4.79 Å². The molecule has 0 radical (unpaired) electrons. The molecule has 3 rings (SSSR count). The molecule has 3 heteroatoms. The van der Waals surface area contributed by atoms with E-state index in [9.17, 15) is 4.79 Å². The van der Waals surface area contributed by atoms with Crippen molar-refractivity contribution < 1.29 is 13.9 Å². The van der Waals surface area contributed by atoms with Crippen molar-refractivity contribution >= 4 is 16.8 Å². The van der Waals surface area contributed by atoms with Crippen molar-refractivity contribution in [2.75, 3.05) is 7.11 Å². The van der Waals surface area contributed by atoms with Crippen LogP contribution in [-0.2, 0) is 0 Å². The largest absolute Gasteiger partial charge is 0.497 e. The van der Waals surface area contributed by atoms with Crippen molar-refractivity contribution in [3.63, 3.8) is 0 Å². The molecular weight excluding hydrogens is 240 g/mol. The molecule has 0 atom stereocenters. The van der Waals surface area contributed by atoms with Gasteiger partial charge in [-0.25, -0.2) is 0 Å². The van der Waals surface area contributed by atoms with Gasteiger partial charge in [-0.05, 0) is 31.0 Å².